The van der Waals surface area contributed by atoms with Crippen molar-refractivity contribution in [3.63, 3.8) is 0 Å². The van der Waals surface area contributed by atoms with Gasteiger partial charge in [-0.1, -0.05) is 0 Å². The summed E-state index contributed by atoms with van der Waals surface area (Å²) < 4.78 is 23.8. The minimum atomic E-state index is -0.215. The molecular weight excluding hydrogens is 221 g/mol. The van der Waals surface area contributed by atoms with E-state index in [4.69, 9.17) is 9.47 Å². The van der Waals surface area contributed by atoms with Crippen molar-refractivity contribution in [3.8, 4) is 5.75 Å². The number of hydrogen-bond acceptors (Lipinski definition) is 3. The molecule has 0 saturated carbocycles. The van der Waals surface area contributed by atoms with Crippen LogP contribution in [-0.2, 0) is 4.74 Å². The smallest absolute Gasteiger partial charge is 0.124 e. The second kappa shape index (κ2) is 5.98. The Kier molecular flexibility index (Phi) is 4.34. The van der Waals surface area contributed by atoms with Crippen LogP contribution >= 0.6 is 0 Å². The molecule has 1 aromatic rings. The average molecular weight is 239 g/mol. The maximum absolute atomic E-state index is 13.3. The largest absolute Gasteiger partial charge is 0.491 e. The molecule has 0 amide bonds. The van der Waals surface area contributed by atoms with Gasteiger partial charge in [0.2, 0.25) is 0 Å². The zero-order valence-electron chi connectivity index (χ0n) is 10.0. The second-order valence-electron chi connectivity index (χ2n) is 4.17. The molecule has 0 spiro atoms. The van der Waals surface area contributed by atoms with Crippen LogP contribution in [0.5, 0.6) is 5.75 Å². The zero-order valence-corrected chi connectivity index (χ0v) is 10.0. The van der Waals surface area contributed by atoms with Crippen LogP contribution in [0.1, 0.15) is 24.4 Å². The molecule has 0 radical (unpaired) electrons. The van der Waals surface area contributed by atoms with Gasteiger partial charge in [-0.25, -0.2) is 4.39 Å². The molecular formula is C13H18FNO2. The predicted molar refractivity (Wildman–Crippen MR) is 63.7 cm³/mol. The van der Waals surface area contributed by atoms with Gasteiger partial charge in [-0.2, -0.15) is 0 Å². The highest BCUT2D eigenvalue weighted by Crippen LogP contribution is 2.31. The summed E-state index contributed by atoms with van der Waals surface area (Å²) in [5.74, 6) is 0.538. The predicted octanol–water partition coefficient (Wildman–Crippen LogP) is 2.28. The van der Waals surface area contributed by atoms with Crippen molar-refractivity contribution in [2.75, 3.05) is 26.9 Å². The standard InChI is InChI=1S/C13H18FNO2/c1-16-7-8-17-13-5-4-10(14)9-11(13)12-3-2-6-15-12/h4-5,9,12,15H,2-3,6-8H2,1H3/t12-/m1/s1. The Hall–Kier alpha value is -1.13. The maximum Gasteiger partial charge on any atom is 0.124 e. The summed E-state index contributed by atoms with van der Waals surface area (Å²) >= 11 is 0. The first-order valence-electron chi connectivity index (χ1n) is 5.96. The average Bonchev–Trinajstić information content (AvgIpc) is 2.85. The summed E-state index contributed by atoms with van der Waals surface area (Å²) in [6.07, 6.45) is 2.16. The van der Waals surface area contributed by atoms with Crippen LogP contribution in [0.3, 0.4) is 0 Å². The molecule has 1 N–H and O–H groups in total. The summed E-state index contributed by atoms with van der Waals surface area (Å²) in [6.45, 7) is 2.01. The van der Waals surface area contributed by atoms with Crippen molar-refractivity contribution in [1.82, 2.24) is 5.32 Å². The topological polar surface area (TPSA) is 30.5 Å². The van der Waals surface area contributed by atoms with Crippen molar-refractivity contribution in [1.29, 1.82) is 0 Å². The van der Waals surface area contributed by atoms with E-state index in [0.29, 0.717) is 13.2 Å². The van der Waals surface area contributed by atoms with Gasteiger partial charge in [0.05, 0.1) is 6.61 Å². The molecule has 94 valence electrons. The molecule has 1 heterocycles. The van der Waals surface area contributed by atoms with Crippen LogP contribution in [0.4, 0.5) is 4.39 Å². The quantitative estimate of drug-likeness (QED) is 0.800. The number of methoxy groups -OCH3 is 1. The first-order chi connectivity index (χ1) is 8.31. The van der Waals surface area contributed by atoms with E-state index in [-0.39, 0.29) is 11.9 Å². The third-order valence-corrected chi connectivity index (χ3v) is 2.95. The van der Waals surface area contributed by atoms with Crippen molar-refractivity contribution >= 4 is 0 Å². The van der Waals surface area contributed by atoms with Crippen LogP contribution in [-0.4, -0.2) is 26.9 Å². The molecule has 0 aromatic heterocycles. The van der Waals surface area contributed by atoms with Crippen molar-refractivity contribution in [3.05, 3.63) is 29.6 Å². The maximum atomic E-state index is 13.3. The number of rotatable bonds is 5. The molecule has 4 heteroatoms. The van der Waals surface area contributed by atoms with Gasteiger partial charge in [-0.15, -0.1) is 0 Å². The Bertz CT molecular complexity index is 364. The third-order valence-electron chi connectivity index (χ3n) is 2.95. The molecule has 2 rings (SSSR count). The highest BCUT2D eigenvalue weighted by molar-refractivity contribution is 5.37. The number of benzene rings is 1. The molecule has 1 aliphatic heterocycles. The molecule has 0 bridgehead atoms. The van der Waals surface area contributed by atoms with Crippen molar-refractivity contribution < 1.29 is 13.9 Å². The Labute approximate surface area is 101 Å². The Morgan fingerprint density at radius 1 is 1.41 bits per heavy atom. The van der Waals surface area contributed by atoms with Gasteiger partial charge >= 0.3 is 0 Å². The lowest BCUT2D eigenvalue weighted by Gasteiger charge is -2.16. The molecule has 1 fully saturated rings. The van der Waals surface area contributed by atoms with E-state index in [0.717, 1.165) is 30.7 Å². The molecule has 1 aliphatic rings. The van der Waals surface area contributed by atoms with E-state index in [1.54, 1.807) is 19.2 Å². The molecule has 1 atom stereocenters. The molecule has 3 nitrogen and oxygen atoms in total. The monoisotopic (exact) mass is 239 g/mol. The van der Waals surface area contributed by atoms with Crippen LogP contribution in [0.25, 0.3) is 0 Å². The zero-order chi connectivity index (χ0) is 12.1. The van der Waals surface area contributed by atoms with Crippen molar-refractivity contribution in [2.24, 2.45) is 0 Å². The number of nitrogens with one attached hydrogen (secondary N) is 1. The SMILES string of the molecule is COCCOc1ccc(F)cc1[C@H]1CCCN1. The molecule has 0 unspecified atom stereocenters. The molecule has 1 saturated heterocycles. The second-order valence-corrected chi connectivity index (χ2v) is 4.17. The van der Waals surface area contributed by atoms with Gasteiger partial charge in [-0.05, 0) is 37.6 Å². The van der Waals surface area contributed by atoms with Crippen LogP contribution in [0, 0.1) is 5.82 Å². The van der Waals surface area contributed by atoms with Gasteiger partial charge in [0, 0.05) is 18.7 Å². The van der Waals surface area contributed by atoms with Crippen LogP contribution in [0.15, 0.2) is 18.2 Å². The number of ether oxygens (including phenoxy) is 2. The summed E-state index contributed by atoms with van der Waals surface area (Å²) in [4.78, 5) is 0. The van der Waals surface area contributed by atoms with Gasteiger partial charge in [0.25, 0.3) is 0 Å². The summed E-state index contributed by atoms with van der Waals surface area (Å²) in [5.41, 5.74) is 0.915. The van der Waals surface area contributed by atoms with Gasteiger partial charge in [0.15, 0.2) is 0 Å². The first kappa shape index (κ1) is 12.3. The number of halogens is 1. The van der Waals surface area contributed by atoms with Gasteiger partial charge in [0.1, 0.15) is 18.2 Å². The van der Waals surface area contributed by atoms with Crippen molar-refractivity contribution in [2.45, 2.75) is 18.9 Å². The fourth-order valence-corrected chi connectivity index (χ4v) is 2.11. The van der Waals surface area contributed by atoms with Gasteiger partial charge in [-0.3, -0.25) is 0 Å². The van der Waals surface area contributed by atoms with E-state index in [2.05, 4.69) is 5.32 Å². The number of hydrogen-bond donors (Lipinski definition) is 1. The highest BCUT2D eigenvalue weighted by Gasteiger charge is 2.20. The lowest BCUT2D eigenvalue weighted by atomic mass is 10.0. The fraction of sp³-hybridized carbons (Fsp3) is 0.538. The van der Waals surface area contributed by atoms with E-state index in [1.807, 2.05) is 0 Å². The Balaban J connectivity index is 2.12. The minimum Gasteiger partial charge on any atom is -0.491 e. The lowest BCUT2D eigenvalue weighted by molar-refractivity contribution is 0.145. The highest BCUT2D eigenvalue weighted by atomic mass is 19.1. The van der Waals surface area contributed by atoms with Gasteiger partial charge < -0.3 is 14.8 Å². The summed E-state index contributed by atoms with van der Waals surface area (Å²) in [6, 6.07) is 4.90. The van der Waals surface area contributed by atoms with Crippen LogP contribution in [0.2, 0.25) is 0 Å². The molecule has 1 aromatic carbocycles. The molecule has 0 aliphatic carbocycles. The minimum absolute atomic E-state index is 0.211. The van der Waals surface area contributed by atoms with E-state index in [1.165, 1.54) is 6.07 Å². The third kappa shape index (κ3) is 3.17. The Morgan fingerprint density at radius 2 is 2.29 bits per heavy atom. The fourth-order valence-electron chi connectivity index (χ4n) is 2.11. The molecule has 17 heavy (non-hydrogen) atoms. The van der Waals surface area contributed by atoms with Crippen LogP contribution < -0.4 is 10.1 Å². The summed E-state index contributed by atoms with van der Waals surface area (Å²) in [5, 5.41) is 3.35. The van der Waals surface area contributed by atoms with E-state index >= 15 is 0 Å². The lowest BCUT2D eigenvalue weighted by Crippen LogP contribution is -2.15. The first-order valence-corrected chi connectivity index (χ1v) is 5.96. The Morgan fingerprint density at radius 3 is 3.00 bits per heavy atom. The van der Waals surface area contributed by atoms with E-state index in [9.17, 15) is 4.39 Å². The normalized spacial score (nSPS) is 19.5. The summed E-state index contributed by atoms with van der Waals surface area (Å²) in [7, 11) is 1.63. The van der Waals surface area contributed by atoms with E-state index < -0.39 is 0 Å².